The Kier molecular flexibility index (Phi) is 4.47. The number of aromatic nitrogens is 2. The molecule has 0 bridgehead atoms. The van der Waals surface area contributed by atoms with Crippen LogP contribution >= 0.6 is 11.3 Å². The van der Waals surface area contributed by atoms with Crippen LogP contribution in [0.25, 0.3) is 0 Å². The Bertz CT molecular complexity index is 705. The van der Waals surface area contributed by atoms with Gasteiger partial charge in [-0.3, -0.25) is 9.48 Å². The van der Waals surface area contributed by atoms with Crippen molar-refractivity contribution >= 4 is 23.0 Å². The van der Waals surface area contributed by atoms with Crippen LogP contribution in [-0.4, -0.2) is 27.5 Å². The lowest BCUT2D eigenvalue weighted by atomic mass is 10.0. The molecule has 3 heterocycles. The predicted molar refractivity (Wildman–Crippen MR) is 89.3 cm³/mol. The number of amides is 1. The number of thiophene rings is 1. The Balaban J connectivity index is 1.63. The largest absolute Gasteiger partial charge is 0.382 e. The predicted octanol–water partition coefficient (Wildman–Crippen LogP) is 2.49. The summed E-state index contributed by atoms with van der Waals surface area (Å²) in [6.45, 7) is 4.19. The molecule has 1 aliphatic rings. The molecule has 0 aliphatic carbocycles. The molecule has 6 nitrogen and oxygen atoms in total. The summed E-state index contributed by atoms with van der Waals surface area (Å²) in [7, 11) is 1.85. The highest BCUT2D eigenvalue weighted by Crippen LogP contribution is 2.26. The first-order valence-electron chi connectivity index (χ1n) is 7.60. The molecule has 3 rings (SSSR count). The van der Waals surface area contributed by atoms with Crippen LogP contribution in [0.1, 0.15) is 36.8 Å². The molecule has 7 heteroatoms. The van der Waals surface area contributed by atoms with Crippen LogP contribution < -0.4 is 5.32 Å². The zero-order valence-electron chi connectivity index (χ0n) is 13.4. The smallest absolute Gasteiger partial charge is 0.264 e. The average Bonchev–Trinajstić information content (AvgIpc) is 3.24. The highest BCUT2D eigenvalue weighted by molar-refractivity contribution is 7.10. The van der Waals surface area contributed by atoms with Crippen molar-refractivity contribution in [2.45, 2.75) is 32.4 Å². The van der Waals surface area contributed by atoms with Gasteiger partial charge < -0.3 is 10.2 Å². The summed E-state index contributed by atoms with van der Waals surface area (Å²) in [6, 6.07) is 4.04. The second kappa shape index (κ2) is 6.54. The van der Waals surface area contributed by atoms with E-state index in [1.54, 1.807) is 22.2 Å². The highest BCUT2D eigenvalue weighted by atomic mass is 32.1. The van der Waals surface area contributed by atoms with Crippen molar-refractivity contribution in [3.63, 3.8) is 0 Å². The summed E-state index contributed by atoms with van der Waals surface area (Å²) in [6.07, 6.45) is 3.48. The van der Waals surface area contributed by atoms with E-state index in [2.05, 4.69) is 29.4 Å². The molecule has 0 saturated heterocycles. The molecule has 0 fully saturated rings. The van der Waals surface area contributed by atoms with Crippen LogP contribution in [0.15, 0.2) is 35.1 Å². The van der Waals surface area contributed by atoms with Gasteiger partial charge in [0.1, 0.15) is 0 Å². The van der Waals surface area contributed by atoms with E-state index in [0.717, 1.165) is 16.2 Å². The zero-order valence-corrected chi connectivity index (χ0v) is 14.2. The standard InChI is InChI=1S/C16H20N4O2S/c1-10(2)15(14-5-4-6-23-14)18-16(21)13-7-12(19-22-13)11-8-17-20(3)9-11/h4-6,8-10,13,15H,7H2,1-3H3,(H,18,21)/t13-,15+/m1/s1. The molecule has 1 N–H and O–H groups in total. The van der Waals surface area contributed by atoms with E-state index < -0.39 is 6.10 Å². The topological polar surface area (TPSA) is 68.5 Å². The molecule has 0 aromatic carbocycles. The van der Waals surface area contributed by atoms with Crippen molar-refractivity contribution < 1.29 is 9.63 Å². The number of oxime groups is 1. The zero-order chi connectivity index (χ0) is 16.4. The minimum Gasteiger partial charge on any atom is -0.382 e. The lowest BCUT2D eigenvalue weighted by Crippen LogP contribution is -2.38. The van der Waals surface area contributed by atoms with Crippen molar-refractivity contribution in [1.29, 1.82) is 0 Å². The Morgan fingerprint density at radius 3 is 2.96 bits per heavy atom. The summed E-state index contributed by atoms with van der Waals surface area (Å²) >= 11 is 1.65. The number of nitrogens with one attached hydrogen (secondary N) is 1. The number of hydrogen-bond donors (Lipinski definition) is 1. The van der Waals surface area contributed by atoms with Gasteiger partial charge in [-0.2, -0.15) is 5.10 Å². The van der Waals surface area contributed by atoms with Gasteiger partial charge in [-0.25, -0.2) is 0 Å². The van der Waals surface area contributed by atoms with Crippen molar-refractivity contribution in [2.75, 3.05) is 0 Å². The molecule has 122 valence electrons. The number of aryl methyl sites for hydroxylation is 1. The number of carbonyl (C=O) groups is 1. The maximum absolute atomic E-state index is 12.5. The molecule has 2 aromatic heterocycles. The Hall–Kier alpha value is -2.15. The third-order valence-corrected chi connectivity index (χ3v) is 4.77. The number of hydrogen-bond acceptors (Lipinski definition) is 5. The molecule has 0 spiro atoms. The van der Waals surface area contributed by atoms with Crippen LogP contribution in [0.2, 0.25) is 0 Å². The van der Waals surface area contributed by atoms with Crippen LogP contribution in [0.3, 0.4) is 0 Å². The van der Waals surface area contributed by atoms with E-state index in [0.29, 0.717) is 12.3 Å². The van der Waals surface area contributed by atoms with Crippen LogP contribution in [0.5, 0.6) is 0 Å². The van der Waals surface area contributed by atoms with Crippen molar-refractivity contribution in [1.82, 2.24) is 15.1 Å². The fourth-order valence-electron chi connectivity index (χ4n) is 2.54. The Morgan fingerprint density at radius 1 is 1.52 bits per heavy atom. The fraction of sp³-hybridized carbons (Fsp3) is 0.438. The van der Waals surface area contributed by atoms with Crippen molar-refractivity contribution in [2.24, 2.45) is 18.1 Å². The van der Waals surface area contributed by atoms with Crippen molar-refractivity contribution in [3.05, 3.63) is 40.3 Å². The van der Waals surface area contributed by atoms with Gasteiger partial charge in [0, 0.05) is 30.1 Å². The SMILES string of the molecule is CC(C)[C@H](NC(=O)[C@H]1CC(c2cnn(C)c2)=NO1)c1cccs1. The molecule has 0 saturated carbocycles. The minimum absolute atomic E-state index is 0.00598. The second-order valence-electron chi connectivity index (χ2n) is 5.98. The first kappa shape index (κ1) is 15.7. The van der Waals surface area contributed by atoms with E-state index in [4.69, 9.17) is 4.84 Å². The van der Waals surface area contributed by atoms with Gasteiger partial charge in [0.25, 0.3) is 5.91 Å². The lowest BCUT2D eigenvalue weighted by Gasteiger charge is -2.22. The third-order valence-electron chi connectivity index (χ3n) is 3.81. The summed E-state index contributed by atoms with van der Waals surface area (Å²) in [5, 5.41) is 13.3. The number of carbonyl (C=O) groups excluding carboxylic acids is 1. The molecule has 1 amide bonds. The number of rotatable bonds is 5. The van der Waals surface area contributed by atoms with Gasteiger partial charge in [-0.1, -0.05) is 25.1 Å². The molecule has 1 aliphatic heterocycles. The van der Waals surface area contributed by atoms with Gasteiger partial charge in [0.05, 0.1) is 18.0 Å². The summed E-state index contributed by atoms with van der Waals surface area (Å²) < 4.78 is 1.71. The molecule has 0 unspecified atom stereocenters. The molecule has 2 aromatic rings. The first-order valence-corrected chi connectivity index (χ1v) is 8.48. The first-order chi connectivity index (χ1) is 11.0. The Morgan fingerprint density at radius 2 is 2.35 bits per heavy atom. The third kappa shape index (κ3) is 3.44. The fourth-order valence-corrected chi connectivity index (χ4v) is 3.49. The van der Waals surface area contributed by atoms with Crippen LogP contribution in [0.4, 0.5) is 0 Å². The quantitative estimate of drug-likeness (QED) is 0.914. The highest BCUT2D eigenvalue weighted by Gasteiger charge is 2.31. The minimum atomic E-state index is -0.577. The molecule has 23 heavy (non-hydrogen) atoms. The maximum Gasteiger partial charge on any atom is 0.264 e. The summed E-state index contributed by atoms with van der Waals surface area (Å²) in [4.78, 5) is 19.0. The molecular weight excluding hydrogens is 312 g/mol. The van der Waals surface area contributed by atoms with E-state index >= 15 is 0 Å². The maximum atomic E-state index is 12.5. The van der Waals surface area contributed by atoms with Gasteiger partial charge in [0.15, 0.2) is 0 Å². The lowest BCUT2D eigenvalue weighted by molar-refractivity contribution is -0.132. The van der Waals surface area contributed by atoms with E-state index in [1.165, 1.54) is 0 Å². The van der Waals surface area contributed by atoms with Gasteiger partial charge in [-0.15, -0.1) is 11.3 Å². The Labute approximate surface area is 139 Å². The van der Waals surface area contributed by atoms with Gasteiger partial charge >= 0.3 is 0 Å². The van der Waals surface area contributed by atoms with Crippen LogP contribution in [0, 0.1) is 5.92 Å². The van der Waals surface area contributed by atoms with E-state index in [9.17, 15) is 4.79 Å². The van der Waals surface area contributed by atoms with E-state index in [-0.39, 0.29) is 11.9 Å². The van der Waals surface area contributed by atoms with Crippen molar-refractivity contribution in [3.8, 4) is 0 Å². The summed E-state index contributed by atoms with van der Waals surface area (Å²) in [5.74, 6) is 0.178. The average molecular weight is 332 g/mol. The molecule has 0 radical (unpaired) electrons. The number of nitrogens with zero attached hydrogens (tertiary/aromatic N) is 3. The monoisotopic (exact) mass is 332 g/mol. The summed E-state index contributed by atoms with van der Waals surface area (Å²) in [5.41, 5.74) is 1.65. The molecular formula is C16H20N4O2S. The normalized spacial score (nSPS) is 18.6. The van der Waals surface area contributed by atoms with Gasteiger partial charge in [-0.05, 0) is 17.4 Å². The van der Waals surface area contributed by atoms with Gasteiger partial charge in [0.2, 0.25) is 6.10 Å². The second-order valence-corrected chi connectivity index (χ2v) is 6.96. The van der Waals surface area contributed by atoms with Crippen LogP contribution in [-0.2, 0) is 16.7 Å². The van der Waals surface area contributed by atoms with E-state index in [1.807, 2.05) is 30.8 Å². The molecule has 2 atom stereocenters.